The predicted molar refractivity (Wildman–Crippen MR) is 177 cm³/mol. The van der Waals surface area contributed by atoms with Gasteiger partial charge in [0.2, 0.25) is 0 Å². The minimum absolute atomic E-state index is 0.211. The lowest BCUT2D eigenvalue weighted by Crippen LogP contribution is -2.34. The molecule has 10 heteroatoms. The van der Waals surface area contributed by atoms with Crippen LogP contribution >= 0.6 is 7.92 Å². The fourth-order valence-electron chi connectivity index (χ4n) is 6.22. The van der Waals surface area contributed by atoms with E-state index in [-0.39, 0.29) is 34.1 Å². The fraction of sp³-hybridized carbons (Fsp3) is 0.105. The normalized spacial score (nSPS) is 13.5. The zero-order valence-electron chi connectivity index (χ0n) is 26.0. The lowest BCUT2D eigenvalue weighted by atomic mass is 9.77. The maximum Gasteiger partial charge on any atom is 0.340 e. The Labute approximate surface area is 276 Å². The molecule has 2 aliphatic rings. The Balaban J connectivity index is 1.51. The molecule has 0 unspecified atom stereocenters. The highest BCUT2D eigenvalue weighted by Gasteiger charge is 2.54. The molecule has 0 saturated carbocycles. The average molecular weight is 659 g/mol. The van der Waals surface area contributed by atoms with Gasteiger partial charge < -0.3 is 23.7 Å². The van der Waals surface area contributed by atoms with Crippen molar-refractivity contribution in [2.75, 3.05) is 7.11 Å². The summed E-state index contributed by atoms with van der Waals surface area (Å²) in [5.41, 5.74) is 0.242. The van der Waals surface area contributed by atoms with E-state index in [4.69, 9.17) is 23.7 Å². The molecular weight excluding hydrogens is 631 g/mol. The molecule has 238 valence electrons. The largest absolute Gasteiger partial charge is 0.465 e. The van der Waals surface area contributed by atoms with Gasteiger partial charge in [0, 0.05) is 48.0 Å². The number of hydrogen-bond donors (Lipinski definition) is 0. The molecule has 2 heterocycles. The SMILES string of the molecule is COC(=O)c1cc2c(cc1P(c1ccccc1)c1ccccc1)C(=O)OC21c2ccc(OC(C)=O)cc2Oc2cc(OC(C)=O)ccc21. The smallest absolute Gasteiger partial charge is 0.340 e. The molecule has 0 atom stereocenters. The summed E-state index contributed by atoms with van der Waals surface area (Å²) in [6.45, 7) is 2.56. The van der Waals surface area contributed by atoms with Gasteiger partial charge in [-0.1, -0.05) is 60.7 Å². The second-order valence-corrected chi connectivity index (χ2v) is 13.3. The summed E-state index contributed by atoms with van der Waals surface area (Å²) >= 11 is 0. The summed E-state index contributed by atoms with van der Waals surface area (Å²) in [6.07, 6.45) is 0. The molecule has 0 saturated heterocycles. The van der Waals surface area contributed by atoms with Crippen LogP contribution in [0.4, 0.5) is 0 Å². The van der Waals surface area contributed by atoms with E-state index in [1.807, 2.05) is 60.7 Å². The Morgan fingerprint density at radius 1 is 0.667 bits per heavy atom. The van der Waals surface area contributed by atoms with Gasteiger partial charge in [-0.15, -0.1) is 0 Å². The number of carbonyl (C=O) groups is 4. The Morgan fingerprint density at radius 2 is 1.19 bits per heavy atom. The highest BCUT2D eigenvalue weighted by atomic mass is 31.1. The number of ether oxygens (including phenoxy) is 5. The van der Waals surface area contributed by atoms with Crippen LogP contribution in [-0.4, -0.2) is 31.0 Å². The third-order valence-corrected chi connectivity index (χ3v) is 10.5. The molecule has 0 bridgehead atoms. The number of esters is 4. The van der Waals surface area contributed by atoms with Crippen molar-refractivity contribution in [3.8, 4) is 23.0 Å². The van der Waals surface area contributed by atoms with Crippen molar-refractivity contribution in [2.45, 2.75) is 19.4 Å². The summed E-state index contributed by atoms with van der Waals surface area (Å²) in [7, 11) is -0.00510. The van der Waals surface area contributed by atoms with E-state index in [1.165, 1.54) is 33.1 Å². The second-order valence-electron chi connectivity index (χ2n) is 11.1. The summed E-state index contributed by atoms with van der Waals surface area (Å²) in [4.78, 5) is 51.3. The third-order valence-electron chi connectivity index (χ3n) is 8.06. The summed E-state index contributed by atoms with van der Waals surface area (Å²) < 4.78 is 28.6. The second kappa shape index (κ2) is 12.1. The Bertz CT molecular complexity index is 2020. The van der Waals surface area contributed by atoms with Gasteiger partial charge in [-0.2, -0.15) is 0 Å². The fourth-order valence-corrected chi connectivity index (χ4v) is 8.67. The van der Waals surface area contributed by atoms with Gasteiger partial charge in [-0.3, -0.25) is 9.59 Å². The number of benzene rings is 5. The van der Waals surface area contributed by atoms with Crippen LogP contribution < -0.4 is 30.1 Å². The first-order chi connectivity index (χ1) is 23.2. The third kappa shape index (κ3) is 5.18. The Hall–Kier alpha value is -5.79. The number of carbonyl (C=O) groups excluding carboxylic acids is 4. The highest BCUT2D eigenvalue weighted by Crippen LogP contribution is 2.57. The zero-order chi connectivity index (χ0) is 33.6. The van der Waals surface area contributed by atoms with Crippen molar-refractivity contribution < 1.29 is 42.9 Å². The molecule has 0 amide bonds. The van der Waals surface area contributed by atoms with Gasteiger partial charge in [0.1, 0.15) is 23.0 Å². The molecule has 0 aromatic heterocycles. The summed E-state index contributed by atoms with van der Waals surface area (Å²) in [5, 5.41) is 2.58. The number of rotatable bonds is 6. The first-order valence-electron chi connectivity index (χ1n) is 14.9. The molecule has 0 radical (unpaired) electrons. The first-order valence-corrected chi connectivity index (χ1v) is 16.3. The number of hydrogen-bond acceptors (Lipinski definition) is 9. The van der Waals surface area contributed by atoms with Gasteiger partial charge in [0.05, 0.1) is 18.2 Å². The molecular formula is C38H27O9P. The maximum absolute atomic E-state index is 14.1. The minimum Gasteiger partial charge on any atom is -0.465 e. The van der Waals surface area contributed by atoms with Crippen LogP contribution in [0.15, 0.2) is 109 Å². The van der Waals surface area contributed by atoms with E-state index in [1.54, 1.807) is 36.4 Å². The molecule has 5 aromatic carbocycles. The van der Waals surface area contributed by atoms with Gasteiger partial charge in [-0.05, 0) is 54.9 Å². The summed E-state index contributed by atoms with van der Waals surface area (Å²) in [6, 6.07) is 32.5. The van der Waals surface area contributed by atoms with Gasteiger partial charge in [-0.25, -0.2) is 9.59 Å². The van der Waals surface area contributed by atoms with Gasteiger partial charge in [0.25, 0.3) is 0 Å². The Kier molecular flexibility index (Phi) is 7.77. The van der Waals surface area contributed by atoms with E-state index in [0.717, 1.165) is 10.6 Å². The molecule has 9 nitrogen and oxygen atoms in total. The lowest BCUT2D eigenvalue weighted by molar-refractivity contribution is -0.132. The first kappa shape index (κ1) is 30.8. The van der Waals surface area contributed by atoms with Gasteiger partial charge in [0.15, 0.2) is 5.60 Å². The van der Waals surface area contributed by atoms with Crippen molar-refractivity contribution in [3.63, 3.8) is 0 Å². The van der Waals surface area contributed by atoms with E-state index in [0.29, 0.717) is 22.0 Å². The molecule has 0 aliphatic carbocycles. The van der Waals surface area contributed by atoms with Crippen molar-refractivity contribution >= 4 is 47.7 Å². The topological polar surface area (TPSA) is 114 Å². The van der Waals surface area contributed by atoms with Crippen LogP contribution in [0.3, 0.4) is 0 Å². The van der Waals surface area contributed by atoms with Crippen molar-refractivity contribution in [3.05, 3.63) is 137 Å². The maximum atomic E-state index is 14.1. The minimum atomic E-state index is -1.58. The van der Waals surface area contributed by atoms with Crippen LogP contribution in [0.5, 0.6) is 23.0 Å². The number of methoxy groups -OCH3 is 1. The monoisotopic (exact) mass is 658 g/mol. The molecule has 5 aromatic rings. The molecule has 2 aliphatic heterocycles. The van der Waals surface area contributed by atoms with Crippen LogP contribution in [0.25, 0.3) is 0 Å². The van der Waals surface area contributed by atoms with Crippen LogP contribution in [0.1, 0.15) is 51.3 Å². The van der Waals surface area contributed by atoms with Crippen molar-refractivity contribution in [2.24, 2.45) is 0 Å². The van der Waals surface area contributed by atoms with Crippen LogP contribution in [0.2, 0.25) is 0 Å². The van der Waals surface area contributed by atoms with Gasteiger partial charge >= 0.3 is 23.9 Å². The lowest BCUT2D eigenvalue weighted by Gasteiger charge is -2.37. The predicted octanol–water partition coefficient (Wildman–Crippen LogP) is 5.65. The molecule has 48 heavy (non-hydrogen) atoms. The molecule has 0 fully saturated rings. The molecule has 0 N–H and O–H groups in total. The number of fused-ring (bicyclic) bond motifs is 6. The van der Waals surface area contributed by atoms with E-state index < -0.39 is 37.4 Å². The van der Waals surface area contributed by atoms with E-state index >= 15 is 0 Å². The van der Waals surface area contributed by atoms with E-state index in [2.05, 4.69) is 0 Å². The molecule has 7 rings (SSSR count). The quantitative estimate of drug-likeness (QED) is 0.130. The highest BCUT2D eigenvalue weighted by molar-refractivity contribution is 7.80. The van der Waals surface area contributed by atoms with Crippen LogP contribution in [-0.2, 0) is 24.7 Å². The zero-order valence-corrected chi connectivity index (χ0v) is 26.9. The van der Waals surface area contributed by atoms with E-state index in [9.17, 15) is 19.2 Å². The standard InChI is InChI=1S/C38H27O9P/c1-22(39)44-24-14-16-30-33(18-24)46-34-19-25(45-23(2)40)15-17-31(34)38(30)32-20-29(36(41)43-3)35(21-28(32)37(42)47-38)48(26-10-6-4-7-11-26)27-12-8-5-9-13-27/h4-21H,1-3H3. The summed E-state index contributed by atoms with van der Waals surface area (Å²) in [5.74, 6) is -1.35. The van der Waals surface area contributed by atoms with Crippen molar-refractivity contribution in [1.29, 1.82) is 0 Å². The molecule has 1 spiro atoms. The average Bonchev–Trinajstić information content (AvgIpc) is 3.35. The van der Waals surface area contributed by atoms with Crippen molar-refractivity contribution in [1.82, 2.24) is 0 Å². The Morgan fingerprint density at radius 3 is 1.67 bits per heavy atom. The van der Waals surface area contributed by atoms with Crippen LogP contribution in [0, 0.1) is 0 Å².